The lowest BCUT2D eigenvalue weighted by Crippen LogP contribution is -2.27. The van der Waals surface area contributed by atoms with Gasteiger partial charge in [0.05, 0.1) is 18.5 Å². The van der Waals surface area contributed by atoms with Gasteiger partial charge in [0.25, 0.3) is 5.91 Å². The monoisotopic (exact) mass is 317 g/mol. The molecule has 23 heavy (non-hydrogen) atoms. The standard InChI is InChI=1S/C16H16FN3O3/c1-10-6-20-14(7-19-10)16(21)18-3-2-11-4-13(17)5-12-8-22-9-23-15(11)12/h4-7H,2-3,8-9H2,1H3,(H,18,21). The SMILES string of the molecule is Cc1cnc(C(=O)NCCc2cc(F)cc3c2OCOC3)cn1. The summed E-state index contributed by atoms with van der Waals surface area (Å²) in [5.41, 5.74) is 2.38. The molecule has 0 radical (unpaired) electrons. The Morgan fingerprint density at radius 3 is 3.00 bits per heavy atom. The Kier molecular flexibility index (Phi) is 4.47. The minimum absolute atomic E-state index is 0.150. The van der Waals surface area contributed by atoms with Crippen molar-refractivity contribution in [3.8, 4) is 5.75 Å². The molecule has 7 heteroatoms. The average Bonchev–Trinajstić information content (AvgIpc) is 2.55. The third-order valence-corrected chi connectivity index (χ3v) is 3.45. The van der Waals surface area contributed by atoms with Gasteiger partial charge in [0.15, 0.2) is 6.79 Å². The summed E-state index contributed by atoms with van der Waals surface area (Å²) in [4.78, 5) is 20.0. The molecule has 0 spiro atoms. The first-order chi connectivity index (χ1) is 11.1. The molecule has 1 aromatic heterocycles. The van der Waals surface area contributed by atoms with Crippen LogP contribution < -0.4 is 10.1 Å². The Bertz CT molecular complexity index is 719. The normalized spacial score (nSPS) is 13.1. The summed E-state index contributed by atoms with van der Waals surface area (Å²) < 4.78 is 24.2. The van der Waals surface area contributed by atoms with Crippen LogP contribution in [0.5, 0.6) is 5.75 Å². The fourth-order valence-corrected chi connectivity index (χ4v) is 2.35. The van der Waals surface area contributed by atoms with Crippen molar-refractivity contribution in [3.63, 3.8) is 0 Å². The fraction of sp³-hybridized carbons (Fsp3) is 0.312. The molecule has 1 aliphatic rings. The van der Waals surface area contributed by atoms with E-state index in [1.165, 1.54) is 24.5 Å². The Labute approximate surface area is 132 Å². The van der Waals surface area contributed by atoms with Crippen LogP contribution in [0, 0.1) is 12.7 Å². The van der Waals surface area contributed by atoms with Crippen molar-refractivity contribution >= 4 is 5.91 Å². The number of carbonyl (C=O) groups excluding carboxylic acids is 1. The highest BCUT2D eigenvalue weighted by atomic mass is 19.1. The number of nitrogens with one attached hydrogen (secondary N) is 1. The van der Waals surface area contributed by atoms with Crippen molar-refractivity contribution in [1.29, 1.82) is 0 Å². The Morgan fingerprint density at radius 2 is 2.22 bits per heavy atom. The number of aromatic nitrogens is 2. The van der Waals surface area contributed by atoms with E-state index in [4.69, 9.17) is 9.47 Å². The second-order valence-electron chi connectivity index (χ2n) is 5.21. The Balaban J connectivity index is 1.63. The van der Waals surface area contributed by atoms with Crippen LogP contribution in [-0.4, -0.2) is 29.2 Å². The third kappa shape index (κ3) is 3.62. The van der Waals surface area contributed by atoms with Gasteiger partial charge in [-0.2, -0.15) is 0 Å². The smallest absolute Gasteiger partial charge is 0.271 e. The number of halogens is 1. The van der Waals surface area contributed by atoms with E-state index in [2.05, 4.69) is 15.3 Å². The molecule has 0 fully saturated rings. The molecule has 0 saturated carbocycles. The van der Waals surface area contributed by atoms with Gasteiger partial charge in [-0.1, -0.05) is 0 Å². The van der Waals surface area contributed by atoms with Crippen molar-refractivity contribution in [2.24, 2.45) is 0 Å². The van der Waals surface area contributed by atoms with Gasteiger partial charge in [0, 0.05) is 18.3 Å². The molecule has 2 aromatic rings. The Hall–Kier alpha value is -2.54. The van der Waals surface area contributed by atoms with E-state index in [9.17, 15) is 9.18 Å². The first-order valence-electron chi connectivity index (χ1n) is 7.22. The number of hydrogen-bond acceptors (Lipinski definition) is 5. The maximum absolute atomic E-state index is 13.6. The number of benzene rings is 1. The molecular formula is C16H16FN3O3. The lowest BCUT2D eigenvalue weighted by Gasteiger charge is -2.20. The lowest BCUT2D eigenvalue weighted by atomic mass is 10.1. The molecule has 1 amide bonds. The minimum Gasteiger partial charge on any atom is -0.467 e. The van der Waals surface area contributed by atoms with E-state index in [-0.39, 0.29) is 24.2 Å². The van der Waals surface area contributed by atoms with Gasteiger partial charge in [-0.15, -0.1) is 0 Å². The molecule has 6 nitrogen and oxygen atoms in total. The molecule has 0 saturated heterocycles. The van der Waals surface area contributed by atoms with Crippen LogP contribution in [0.15, 0.2) is 24.5 Å². The lowest BCUT2D eigenvalue weighted by molar-refractivity contribution is -0.0172. The zero-order valence-corrected chi connectivity index (χ0v) is 12.6. The summed E-state index contributed by atoms with van der Waals surface area (Å²) >= 11 is 0. The molecule has 1 aliphatic heterocycles. The summed E-state index contributed by atoms with van der Waals surface area (Å²) in [5.74, 6) is -0.0161. The molecule has 0 atom stereocenters. The van der Waals surface area contributed by atoms with Gasteiger partial charge >= 0.3 is 0 Å². The number of hydrogen-bond donors (Lipinski definition) is 1. The summed E-state index contributed by atoms with van der Waals surface area (Å²) in [7, 11) is 0. The molecule has 0 bridgehead atoms. The molecule has 1 N–H and O–H groups in total. The maximum Gasteiger partial charge on any atom is 0.271 e. The number of amides is 1. The topological polar surface area (TPSA) is 73.3 Å². The van der Waals surface area contributed by atoms with Crippen LogP contribution >= 0.6 is 0 Å². The quantitative estimate of drug-likeness (QED) is 0.930. The summed E-state index contributed by atoms with van der Waals surface area (Å²) in [6, 6.07) is 2.82. The van der Waals surface area contributed by atoms with Crippen molar-refractivity contribution < 1.29 is 18.7 Å². The van der Waals surface area contributed by atoms with Gasteiger partial charge < -0.3 is 14.8 Å². The maximum atomic E-state index is 13.6. The molecule has 2 heterocycles. The van der Waals surface area contributed by atoms with Crippen molar-refractivity contribution in [3.05, 3.63) is 52.9 Å². The van der Waals surface area contributed by atoms with Crippen molar-refractivity contribution in [2.75, 3.05) is 13.3 Å². The predicted molar refractivity (Wildman–Crippen MR) is 79.5 cm³/mol. The van der Waals surface area contributed by atoms with E-state index in [1.807, 2.05) is 0 Å². The second-order valence-corrected chi connectivity index (χ2v) is 5.21. The summed E-state index contributed by atoms with van der Waals surface area (Å²) in [5, 5.41) is 2.74. The van der Waals surface area contributed by atoms with E-state index in [0.717, 1.165) is 5.69 Å². The molecular weight excluding hydrogens is 301 g/mol. The van der Waals surface area contributed by atoms with Crippen LogP contribution in [0.25, 0.3) is 0 Å². The first-order valence-corrected chi connectivity index (χ1v) is 7.22. The number of aryl methyl sites for hydroxylation is 1. The summed E-state index contributed by atoms with van der Waals surface area (Å²) in [6.07, 6.45) is 3.41. The number of fused-ring (bicyclic) bond motifs is 1. The minimum atomic E-state index is -0.344. The van der Waals surface area contributed by atoms with Gasteiger partial charge in [-0.05, 0) is 31.0 Å². The van der Waals surface area contributed by atoms with Crippen LogP contribution in [0.2, 0.25) is 0 Å². The molecule has 120 valence electrons. The largest absolute Gasteiger partial charge is 0.467 e. The summed E-state index contributed by atoms with van der Waals surface area (Å²) in [6.45, 7) is 2.61. The van der Waals surface area contributed by atoms with Crippen molar-refractivity contribution in [1.82, 2.24) is 15.3 Å². The number of carbonyl (C=O) groups is 1. The fourth-order valence-electron chi connectivity index (χ4n) is 2.35. The van der Waals surface area contributed by atoms with Gasteiger partial charge in [-0.3, -0.25) is 9.78 Å². The van der Waals surface area contributed by atoms with Crippen LogP contribution in [0.1, 0.15) is 27.3 Å². The van der Waals surface area contributed by atoms with Gasteiger partial charge in [-0.25, -0.2) is 9.37 Å². The van der Waals surface area contributed by atoms with E-state index in [1.54, 1.807) is 6.92 Å². The zero-order chi connectivity index (χ0) is 16.2. The Morgan fingerprint density at radius 1 is 1.35 bits per heavy atom. The van der Waals surface area contributed by atoms with E-state index >= 15 is 0 Å². The molecule has 0 aliphatic carbocycles. The van der Waals surface area contributed by atoms with Gasteiger partial charge in [0.2, 0.25) is 0 Å². The highest BCUT2D eigenvalue weighted by Gasteiger charge is 2.17. The zero-order valence-electron chi connectivity index (χ0n) is 12.6. The second kappa shape index (κ2) is 6.70. The average molecular weight is 317 g/mol. The first kappa shape index (κ1) is 15.4. The van der Waals surface area contributed by atoms with Crippen LogP contribution in [0.4, 0.5) is 4.39 Å². The van der Waals surface area contributed by atoms with Crippen LogP contribution in [-0.2, 0) is 17.8 Å². The van der Waals surface area contributed by atoms with Gasteiger partial charge in [0.1, 0.15) is 17.3 Å². The van der Waals surface area contributed by atoms with Crippen LogP contribution in [0.3, 0.4) is 0 Å². The van der Waals surface area contributed by atoms with Crippen molar-refractivity contribution in [2.45, 2.75) is 20.0 Å². The molecule has 0 unspecified atom stereocenters. The van der Waals surface area contributed by atoms with E-state index in [0.29, 0.717) is 36.4 Å². The molecule has 1 aromatic carbocycles. The van der Waals surface area contributed by atoms with E-state index < -0.39 is 0 Å². The molecule has 3 rings (SSSR count). The number of ether oxygens (including phenoxy) is 2. The number of nitrogens with zero attached hydrogens (tertiary/aromatic N) is 2. The number of rotatable bonds is 4. The highest BCUT2D eigenvalue weighted by molar-refractivity contribution is 5.91. The predicted octanol–water partition coefficient (Wildman–Crippen LogP) is 1.76. The highest BCUT2D eigenvalue weighted by Crippen LogP contribution is 2.29. The third-order valence-electron chi connectivity index (χ3n) is 3.45.